The Morgan fingerprint density at radius 3 is 2.56 bits per heavy atom. The van der Waals surface area contributed by atoms with Crippen LogP contribution >= 0.6 is 11.3 Å². The van der Waals surface area contributed by atoms with E-state index in [1.54, 1.807) is 0 Å². The summed E-state index contributed by atoms with van der Waals surface area (Å²) in [5, 5.41) is 1.20. The van der Waals surface area contributed by atoms with E-state index < -0.39 is 0 Å². The molecular weight excluding hydrogens is 565 g/mol. The van der Waals surface area contributed by atoms with Crippen LogP contribution in [0.15, 0.2) is 138 Å². The highest BCUT2D eigenvalue weighted by Gasteiger charge is 2.22. The molecule has 2 aromatic heterocycles. The summed E-state index contributed by atoms with van der Waals surface area (Å²) >= 11 is 1.85. The lowest BCUT2D eigenvalue weighted by Gasteiger charge is -2.17. The summed E-state index contributed by atoms with van der Waals surface area (Å²) in [5.74, 6) is 0.791. The minimum atomic E-state index is 0.791. The molecule has 0 amide bonds. The van der Waals surface area contributed by atoms with Crippen molar-refractivity contribution in [2.45, 2.75) is 39.0 Å². The zero-order valence-electron chi connectivity index (χ0n) is 25.5. The summed E-state index contributed by atoms with van der Waals surface area (Å²) < 4.78 is 2.45. The Balaban J connectivity index is 1.27. The number of hydrogen-bond donors (Lipinski definition) is 0. The molecule has 8 rings (SSSR count). The fourth-order valence-electron chi connectivity index (χ4n) is 6.68. The van der Waals surface area contributed by atoms with Gasteiger partial charge in [-0.15, -0.1) is 11.3 Å². The molecule has 0 fully saturated rings. The Kier molecular flexibility index (Phi) is 7.32. The Hall–Kier alpha value is -4.86. The molecule has 2 nitrogen and oxygen atoms in total. The van der Waals surface area contributed by atoms with Gasteiger partial charge < -0.3 is 0 Å². The number of rotatable bonds is 6. The molecule has 218 valence electrons. The molecule has 0 saturated heterocycles. The van der Waals surface area contributed by atoms with Crippen molar-refractivity contribution in [3.8, 4) is 22.5 Å². The third-order valence-corrected chi connectivity index (χ3v) is 10.2. The standard InChI is InChI=1S/C42H34N2S/c1-2-3-6-13-28-24-32-22-23-33(27-35(32)25-28)36-20-12-21-37-39-41(45-40(36)37)38(43-42(44-39)30-16-9-5-10-17-30)34-19-11-18-31(26-34)29-14-7-4-8-15-29/h2-3,5-7,9-10,12-18,20-24,26-27H,4,8,11,19,25H2,1H3/b3-2-,13-6-. The van der Waals surface area contributed by atoms with Crippen LogP contribution in [0.25, 0.3) is 54.5 Å². The second kappa shape index (κ2) is 11.9. The third-order valence-electron chi connectivity index (χ3n) is 8.92. The van der Waals surface area contributed by atoms with Crippen LogP contribution in [0.3, 0.4) is 0 Å². The number of thiophene rings is 1. The van der Waals surface area contributed by atoms with Crippen LogP contribution in [-0.4, -0.2) is 9.97 Å². The monoisotopic (exact) mass is 598 g/mol. The Morgan fingerprint density at radius 2 is 1.69 bits per heavy atom. The van der Waals surface area contributed by atoms with Gasteiger partial charge in [0.1, 0.15) is 0 Å². The largest absolute Gasteiger partial charge is 0.227 e. The van der Waals surface area contributed by atoms with E-state index >= 15 is 0 Å². The van der Waals surface area contributed by atoms with E-state index in [2.05, 4.69) is 127 Å². The minimum Gasteiger partial charge on any atom is -0.227 e. The van der Waals surface area contributed by atoms with Crippen LogP contribution < -0.4 is 0 Å². The topological polar surface area (TPSA) is 25.8 Å². The van der Waals surface area contributed by atoms with Gasteiger partial charge in [0, 0.05) is 15.6 Å². The molecule has 45 heavy (non-hydrogen) atoms. The van der Waals surface area contributed by atoms with Crippen LogP contribution in [0.5, 0.6) is 0 Å². The van der Waals surface area contributed by atoms with Crippen molar-refractivity contribution in [3.63, 3.8) is 0 Å². The molecule has 0 unspecified atom stereocenters. The summed E-state index contributed by atoms with van der Waals surface area (Å²) in [4.78, 5) is 10.6. The molecule has 0 spiro atoms. The number of fused-ring (bicyclic) bond motifs is 4. The quantitative estimate of drug-likeness (QED) is 0.182. The van der Waals surface area contributed by atoms with Gasteiger partial charge in [-0.05, 0) is 89.7 Å². The maximum absolute atomic E-state index is 5.31. The molecule has 3 aliphatic rings. The Morgan fingerprint density at radius 1 is 0.778 bits per heavy atom. The van der Waals surface area contributed by atoms with Crippen LogP contribution in [0.4, 0.5) is 0 Å². The fourth-order valence-corrected chi connectivity index (χ4v) is 7.98. The fraction of sp³-hybridized carbons (Fsp3) is 0.143. The molecule has 0 bridgehead atoms. The summed E-state index contributed by atoms with van der Waals surface area (Å²) in [6, 6.07) is 24.1. The molecule has 0 atom stereocenters. The maximum atomic E-state index is 5.31. The first kappa shape index (κ1) is 27.7. The van der Waals surface area contributed by atoms with E-state index in [0.717, 1.165) is 54.7 Å². The first-order chi connectivity index (χ1) is 22.2. The average molecular weight is 599 g/mol. The molecular formula is C42H34N2S. The Bertz CT molecular complexity index is 2180. The van der Waals surface area contributed by atoms with Crippen molar-refractivity contribution in [1.29, 1.82) is 0 Å². The highest BCUT2D eigenvalue weighted by atomic mass is 32.1. The van der Waals surface area contributed by atoms with Crippen LogP contribution in [-0.2, 0) is 6.42 Å². The van der Waals surface area contributed by atoms with Crippen molar-refractivity contribution in [1.82, 2.24) is 9.97 Å². The SMILES string of the molecule is C/C=C\C=C/C1=Cc2ccc(-c3cccc4c3sc3c(C5=CC(C6=CCCC=C6)=CCC5)nc(-c5ccccc5)nc34)cc2C1. The molecule has 0 radical (unpaired) electrons. The maximum Gasteiger partial charge on any atom is 0.160 e. The lowest BCUT2D eigenvalue weighted by atomic mass is 9.90. The lowest BCUT2D eigenvalue weighted by molar-refractivity contribution is 1.00. The number of hydrogen-bond acceptors (Lipinski definition) is 3. The van der Waals surface area contributed by atoms with Gasteiger partial charge in [0.2, 0.25) is 0 Å². The first-order valence-corrected chi connectivity index (χ1v) is 16.8. The second-order valence-electron chi connectivity index (χ2n) is 11.9. The average Bonchev–Trinajstić information content (AvgIpc) is 3.69. The van der Waals surface area contributed by atoms with Crippen molar-refractivity contribution in [3.05, 3.63) is 155 Å². The van der Waals surface area contributed by atoms with Gasteiger partial charge in [0.15, 0.2) is 5.82 Å². The van der Waals surface area contributed by atoms with E-state index in [4.69, 9.17) is 9.97 Å². The number of nitrogens with zero attached hydrogens (tertiary/aromatic N) is 2. The van der Waals surface area contributed by atoms with Crippen LogP contribution in [0, 0.1) is 0 Å². The number of allylic oxidation sites excluding steroid dienone is 13. The summed E-state index contributed by atoms with van der Waals surface area (Å²) in [6.45, 7) is 2.05. The second-order valence-corrected chi connectivity index (χ2v) is 12.9. The third kappa shape index (κ3) is 5.28. The first-order valence-electron chi connectivity index (χ1n) is 16.0. The highest BCUT2D eigenvalue weighted by molar-refractivity contribution is 7.26. The van der Waals surface area contributed by atoms with E-state index in [1.165, 1.54) is 59.3 Å². The predicted molar refractivity (Wildman–Crippen MR) is 193 cm³/mol. The van der Waals surface area contributed by atoms with Crippen molar-refractivity contribution < 1.29 is 0 Å². The minimum absolute atomic E-state index is 0.791. The predicted octanol–water partition coefficient (Wildman–Crippen LogP) is 11.6. The smallest absolute Gasteiger partial charge is 0.160 e. The molecule has 3 aromatic carbocycles. The van der Waals surface area contributed by atoms with E-state index in [1.807, 2.05) is 18.3 Å². The summed E-state index contributed by atoms with van der Waals surface area (Å²) in [5.41, 5.74) is 13.7. The summed E-state index contributed by atoms with van der Waals surface area (Å²) in [6.07, 6.45) is 27.7. The van der Waals surface area contributed by atoms with E-state index in [-0.39, 0.29) is 0 Å². The van der Waals surface area contributed by atoms with Gasteiger partial charge in [0.25, 0.3) is 0 Å². The number of aromatic nitrogens is 2. The van der Waals surface area contributed by atoms with Crippen LogP contribution in [0.2, 0.25) is 0 Å². The Labute approximate surface area is 268 Å². The lowest BCUT2D eigenvalue weighted by Crippen LogP contribution is -2.00. The molecule has 5 aromatic rings. The number of benzene rings is 3. The van der Waals surface area contributed by atoms with Gasteiger partial charge in [-0.2, -0.15) is 0 Å². The van der Waals surface area contributed by atoms with Crippen molar-refractivity contribution in [2.24, 2.45) is 0 Å². The molecule has 0 N–H and O–H groups in total. The molecule has 0 aliphatic heterocycles. The van der Waals surface area contributed by atoms with E-state index in [9.17, 15) is 0 Å². The summed E-state index contributed by atoms with van der Waals surface area (Å²) in [7, 11) is 0. The molecule has 0 saturated carbocycles. The molecule has 2 heterocycles. The van der Waals surface area contributed by atoms with Gasteiger partial charge >= 0.3 is 0 Å². The van der Waals surface area contributed by atoms with Gasteiger partial charge in [-0.1, -0.05) is 121 Å². The molecule has 3 aliphatic carbocycles. The van der Waals surface area contributed by atoms with Crippen molar-refractivity contribution in [2.75, 3.05) is 0 Å². The van der Waals surface area contributed by atoms with Gasteiger partial charge in [0.05, 0.1) is 15.9 Å². The van der Waals surface area contributed by atoms with E-state index in [0.29, 0.717) is 0 Å². The van der Waals surface area contributed by atoms with Crippen molar-refractivity contribution >= 4 is 43.3 Å². The zero-order valence-corrected chi connectivity index (χ0v) is 26.3. The normalized spacial score (nSPS) is 16.4. The van der Waals surface area contributed by atoms with Gasteiger partial charge in [-0.25, -0.2) is 9.97 Å². The highest BCUT2D eigenvalue weighted by Crippen LogP contribution is 2.44. The zero-order chi connectivity index (χ0) is 30.2. The van der Waals surface area contributed by atoms with Gasteiger partial charge in [-0.3, -0.25) is 0 Å². The van der Waals surface area contributed by atoms with Crippen LogP contribution in [0.1, 0.15) is 49.4 Å². The molecule has 3 heteroatoms.